The topological polar surface area (TPSA) is 13.1 Å². The first kappa shape index (κ1) is 12.2. The van der Waals surface area contributed by atoms with Gasteiger partial charge >= 0.3 is 0 Å². The molecule has 1 heterocycles. The fraction of sp³-hybridized carbons (Fsp3) is 0.333. The van der Waals surface area contributed by atoms with E-state index in [1.165, 1.54) is 29.5 Å². The van der Waals surface area contributed by atoms with Gasteiger partial charge in [0.25, 0.3) is 0 Å². The standard InChI is InChI=1S/C15H15ClOS/c1-18-15-13(10-5-3-2-4-6-10)12(9-16)14(17-15)11-7-8-11/h2-6,11H,7-9H2,1H3. The van der Waals surface area contributed by atoms with Crippen molar-refractivity contribution < 1.29 is 4.42 Å². The van der Waals surface area contributed by atoms with Gasteiger partial charge in [-0.15, -0.1) is 11.6 Å². The molecule has 2 aromatic rings. The average molecular weight is 279 g/mol. The van der Waals surface area contributed by atoms with Gasteiger partial charge in [-0.25, -0.2) is 0 Å². The van der Waals surface area contributed by atoms with Crippen LogP contribution in [-0.4, -0.2) is 6.26 Å². The monoisotopic (exact) mass is 278 g/mol. The molecular formula is C15H15ClOS. The van der Waals surface area contributed by atoms with Crippen molar-refractivity contribution in [2.24, 2.45) is 0 Å². The lowest BCUT2D eigenvalue weighted by atomic mass is 10.0. The summed E-state index contributed by atoms with van der Waals surface area (Å²) in [6.45, 7) is 0. The summed E-state index contributed by atoms with van der Waals surface area (Å²) in [5.41, 5.74) is 3.59. The normalized spacial score (nSPS) is 15.0. The van der Waals surface area contributed by atoms with Crippen LogP contribution >= 0.6 is 23.4 Å². The van der Waals surface area contributed by atoms with E-state index >= 15 is 0 Å². The number of hydrogen-bond donors (Lipinski definition) is 0. The van der Waals surface area contributed by atoms with Gasteiger partial charge in [0.2, 0.25) is 0 Å². The summed E-state index contributed by atoms with van der Waals surface area (Å²) in [7, 11) is 0. The van der Waals surface area contributed by atoms with Gasteiger partial charge < -0.3 is 4.42 Å². The van der Waals surface area contributed by atoms with Crippen molar-refractivity contribution in [2.75, 3.05) is 6.26 Å². The Morgan fingerprint density at radius 2 is 2.00 bits per heavy atom. The van der Waals surface area contributed by atoms with Crippen LogP contribution in [0, 0.1) is 0 Å². The molecule has 0 N–H and O–H groups in total. The van der Waals surface area contributed by atoms with Crippen LogP contribution in [0.1, 0.15) is 30.1 Å². The van der Waals surface area contributed by atoms with E-state index in [-0.39, 0.29) is 0 Å². The third kappa shape index (κ3) is 2.08. The van der Waals surface area contributed by atoms with Crippen molar-refractivity contribution in [1.29, 1.82) is 0 Å². The van der Waals surface area contributed by atoms with E-state index in [0.29, 0.717) is 11.8 Å². The molecule has 0 saturated heterocycles. The molecule has 0 amide bonds. The Hall–Kier alpha value is -0.860. The fourth-order valence-electron chi connectivity index (χ4n) is 2.31. The van der Waals surface area contributed by atoms with Crippen molar-refractivity contribution >= 4 is 23.4 Å². The van der Waals surface area contributed by atoms with Gasteiger partial charge in [0.15, 0.2) is 5.09 Å². The molecule has 1 aromatic heterocycles. The number of benzene rings is 1. The first-order valence-electron chi connectivity index (χ1n) is 6.16. The summed E-state index contributed by atoms with van der Waals surface area (Å²) in [5, 5.41) is 0.999. The molecule has 0 unspecified atom stereocenters. The quantitative estimate of drug-likeness (QED) is 0.557. The molecule has 1 aliphatic rings. The molecule has 3 heteroatoms. The number of halogens is 1. The molecule has 1 fully saturated rings. The maximum atomic E-state index is 6.16. The highest BCUT2D eigenvalue weighted by molar-refractivity contribution is 7.98. The average Bonchev–Trinajstić information content (AvgIpc) is 3.20. The van der Waals surface area contributed by atoms with Gasteiger partial charge in [0.05, 0.1) is 5.88 Å². The molecule has 18 heavy (non-hydrogen) atoms. The van der Waals surface area contributed by atoms with E-state index in [1.54, 1.807) is 11.8 Å². The first-order chi connectivity index (χ1) is 8.85. The second-order valence-electron chi connectivity index (χ2n) is 4.59. The van der Waals surface area contributed by atoms with Crippen molar-refractivity contribution in [2.45, 2.75) is 29.7 Å². The van der Waals surface area contributed by atoms with Gasteiger partial charge in [0.1, 0.15) is 5.76 Å². The van der Waals surface area contributed by atoms with Crippen LogP contribution < -0.4 is 0 Å². The molecule has 1 saturated carbocycles. The highest BCUT2D eigenvalue weighted by Gasteiger charge is 2.32. The minimum atomic E-state index is 0.528. The van der Waals surface area contributed by atoms with Crippen LogP contribution in [0.3, 0.4) is 0 Å². The summed E-state index contributed by atoms with van der Waals surface area (Å²) in [5.74, 6) is 2.25. The van der Waals surface area contributed by atoms with Crippen LogP contribution in [-0.2, 0) is 5.88 Å². The maximum Gasteiger partial charge on any atom is 0.168 e. The van der Waals surface area contributed by atoms with E-state index in [4.69, 9.17) is 16.0 Å². The highest BCUT2D eigenvalue weighted by Crippen LogP contribution is 2.48. The molecule has 0 atom stereocenters. The largest absolute Gasteiger partial charge is 0.454 e. The smallest absolute Gasteiger partial charge is 0.168 e. The number of rotatable bonds is 4. The molecule has 3 rings (SSSR count). The Labute approximate surface area is 117 Å². The molecular weight excluding hydrogens is 264 g/mol. The number of alkyl halides is 1. The lowest BCUT2D eigenvalue weighted by molar-refractivity contribution is 0.433. The Kier molecular flexibility index (Phi) is 3.40. The van der Waals surface area contributed by atoms with Crippen molar-refractivity contribution in [3.05, 3.63) is 41.7 Å². The Morgan fingerprint density at radius 1 is 1.28 bits per heavy atom. The minimum absolute atomic E-state index is 0.528. The zero-order chi connectivity index (χ0) is 12.5. The first-order valence-corrected chi connectivity index (χ1v) is 7.92. The van der Waals surface area contributed by atoms with Crippen molar-refractivity contribution in [3.63, 3.8) is 0 Å². The molecule has 94 valence electrons. The Morgan fingerprint density at radius 3 is 2.56 bits per heavy atom. The molecule has 1 aliphatic carbocycles. The second-order valence-corrected chi connectivity index (χ2v) is 5.63. The minimum Gasteiger partial charge on any atom is -0.454 e. The van der Waals surface area contributed by atoms with E-state index in [1.807, 2.05) is 6.07 Å². The molecule has 0 spiro atoms. The third-order valence-electron chi connectivity index (χ3n) is 3.34. The SMILES string of the molecule is CSc1oc(C2CC2)c(CCl)c1-c1ccccc1. The van der Waals surface area contributed by atoms with Gasteiger partial charge in [-0.2, -0.15) is 0 Å². The van der Waals surface area contributed by atoms with Crippen LogP contribution in [0.5, 0.6) is 0 Å². The molecule has 1 nitrogen and oxygen atoms in total. The van der Waals surface area contributed by atoms with Gasteiger partial charge in [-0.3, -0.25) is 0 Å². The van der Waals surface area contributed by atoms with Gasteiger partial charge in [-0.05, 0) is 24.7 Å². The van der Waals surface area contributed by atoms with Crippen LogP contribution in [0.25, 0.3) is 11.1 Å². The number of hydrogen-bond acceptors (Lipinski definition) is 2. The Balaban J connectivity index is 2.16. The van der Waals surface area contributed by atoms with Gasteiger partial charge in [-0.1, -0.05) is 42.1 Å². The Bertz CT molecular complexity index is 543. The zero-order valence-corrected chi connectivity index (χ0v) is 11.9. The van der Waals surface area contributed by atoms with E-state index < -0.39 is 0 Å². The molecule has 1 aromatic carbocycles. The fourth-order valence-corrected chi connectivity index (χ4v) is 3.19. The maximum absolute atomic E-state index is 6.16. The van der Waals surface area contributed by atoms with Crippen LogP contribution in [0.4, 0.5) is 0 Å². The predicted molar refractivity (Wildman–Crippen MR) is 77.5 cm³/mol. The van der Waals surface area contributed by atoms with E-state index in [9.17, 15) is 0 Å². The van der Waals surface area contributed by atoms with Crippen molar-refractivity contribution in [1.82, 2.24) is 0 Å². The van der Waals surface area contributed by atoms with Crippen LogP contribution in [0.2, 0.25) is 0 Å². The molecule has 0 radical (unpaired) electrons. The number of thioether (sulfide) groups is 1. The zero-order valence-electron chi connectivity index (χ0n) is 10.3. The summed E-state index contributed by atoms with van der Waals surface area (Å²) in [4.78, 5) is 0. The third-order valence-corrected chi connectivity index (χ3v) is 4.26. The molecule has 0 bridgehead atoms. The van der Waals surface area contributed by atoms with Gasteiger partial charge in [0, 0.05) is 17.0 Å². The summed E-state index contributed by atoms with van der Waals surface area (Å²) in [6, 6.07) is 10.4. The van der Waals surface area contributed by atoms with E-state index in [0.717, 1.165) is 10.9 Å². The lowest BCUT2D eigenvalue weighted by Gasteiger charge is -2.03. The second kappa shape index (κ2) is 5.02. The van der Waals surface area contributed by atoms with E-state index in [2.05, 4.69) is 30.5 Å². The number of furan rings is 1. The predicted octanol–water partition coefficient (Wildman–Crippen LogP) is 5.28. The van der Waals surface area contributed by atoms with Crippen LogP contribution in [0.15, 0.2) is 39.8 Å². The summed E-state index contributed by atoms with van der Waals surface area (Å²) < 4.78 is 6.04. The lowest BCUT2D eigenvalue weighted by Crippen LogP contribution is -1.86. The highest BCUT2D eigenvalue weighted by atomic mass is 35.5. The molecule has 0 aliphatic heterocycles. The summed E-state index contributed by atoms with van der Waals surface area (Å²) in [6.07, 6.45) is 4.53. The van der Waals surface area contributed by atoms with Crippen molar-refractivity contribution in [3.8, 4) is 11.1 Å². The summed E-state index contributed by atoms with van der Waals surface area (Å²) >= 11 is 7.82.